The smallest absolute Gasteiger partial charge is 0.137 e. The van der Waals surface area contributed by atoms with Crippen molar-refractivity contribution >= 4 is 34.8 Å². The predicted molar refractivity (Wildman–Crippen MR) is 51.9 cm³/mol. The van der Waals surface area contributed by atoms with E-state index in [0.717, 1.165) is 16.3 Å². The van der Waals surface area contributed by atoms with Crippen LogP contribution in [0.5, 0.6) is 0 Å². The van der Waals surface area contributed by atoms with Gasteiger partial charge in [0.25, 0.3) is 0 Å². The topological polar surface area (TPSA) is 17.1 Å². The number of aldehydes is 1. The van der Waals surface area contributed by atoms with Crippen molar-refractivity contribution in [3.8, 4) is 0 Å². The summed E-state index contributed by atoms with van der Waals surface area (Å²) in [5, 5.41) is -0.313. The van der Waals surface area contributed by atoms with E-state index >= 15 is 0 Å². The normalized spacial score (nSPS) is 12.5. The Kier molecular flexibility index (Phi) is 3.15. The average Bonchev–Trinajstić information content (AvgIpc) is 2.03. The van der Waals surface area contributed by atoms with E-state index in [1.54, 1.807) is 0 Å². The van der Waals surface area contributed by atoms with Crippen LogP contribution in [0.3, 0.4) is 0 Å². The van der Waals surface area contributed by atoms with Crippen molar-refractivity contribution in [2.45, 2.75) is 5.25 Å². The Balaban J connectivity index is 2.95. The minimum atomic E-state index is -0.313. The van der Waals surface area contributed by atoms with Gasteiger partial charge < -0.3 is 4.79 Å². The van der Waals surface area contributed by atoms with Gasteiger partial charge in [0.2, 0.25) is 0 Å². The lowest BCUT2D eigenvalue weighted by atomic mass is 10.2. The fourth-order valence-electron chi connectivity index (χ4n) is 0.769. The summed E-state index contributed by atoms with van der Waals surface area (Å²) in [6, 6.07) is 7.55. The molecule has 0 saturated carbocycles. The summed E-state index contributed by atoms with van der Waals surface area (Å²) in [4.78, 5) is 10.3. The Morgan fingerprint density at radius 1 is 1.55 bits per heavy atom. The van der Waals surface area contributed by atoms with E-state index in [-0.39, 0.29) is 5.25 Å². The minimum Gasteiger partial charge on any atom is -0.302 e. The maximum atomic E-state index is 10.3. The summed E-state index contributed by atoms with van der Waals surface area (Å²) >= 11 is 7.39. The molecule has 0 amide bonds. The number of carbonyl (C=O) groups excluding carboxylic acids is 1. The quantitative estimate of drug-likeness (QED) is 0.611. The molecular weight excluding hydrogens is 224 g/mol. The van der Waals surface area contributed by atoms with Crippen LogP contribution in [0.4, 0.5) is 0 Å². The lowest BCUT2D eigenvalue weighted by Gasteiger charge is -2.02. The summed E-state index contributed by atoms with van der Waals surface area (Å²) in [5.41, 5.74) is 0.915. The van der Waals surface area contributed by atoms with Crippen LogP contribution >= 0.6 is 28.6 Å². The number of carbonyl (C=O) groups is 1. The molecule has 1 nitrogen and oxygen atoms in total. The fourth-order valence-corrected chi connectivity index (χ4v) is 1.35. The van der Waals surface area contributed by atoms with Crippen LogP contribution < -0.4 is 0 Å². The van der Waals surface area contributed by atoms with Crippen molar-refractivity contribution in [2.75, 3.05) is 0 Å². The predicted octanol–water partition coefficient (Wildman–Crippen LogP) is 2.62. The van der Waals surface area contributed by atoms with Crippen LogP contribution in [0.25, 0.3) is 0 Å². The lowest BCUT2D eigenvalue weighted by molar-refractivity contribution is -0.107. The molecule has 0 saturated heterocycles. The van der Waals surface area contributed by atoms with Gasteiger partial charge in [-0.05, 0) is 17.7 Å². The van der Waals surface area contributed by atoms with Crippen molar-refractivity contribution in [3.05, 3.63) is 34.3 Å². The van der Waals surface area contributed by atoms with Gasteiger partial charge in [-0.15, -0.1) is 0 Å². The monoisotopic (exact) mass is 230 g/mol. The molecule has 1 atom stereocenters. The lowest BCUT2D eigenvalue weighted by Crippen LogP contribution is -1.89. The molecule has 58 valence electrons. The van der Waals surface area contributed by atoms with Crippen LogP contribution in [-0.2, 0) is 4.79 Å². The van der Waals surface area contributed by atoms with Gasteiger partial charge in [0, 0.05) is 4.47 Å². The van der Waals surface area contributed by atoms with Crippen molar-refractivity contribution < 1.29 is 4.79 Å². The highest BCUT2D eigenvalue weighted by Gasteiger charge is 2.03. The maximum absolute atomic E-state index is 10.3. The van der Waals surface area contributed by atoms with Crippen molar-refractivity contribution in [1.82, 2.24) is 0 Å². The van der Waals surface area contributed by atoms with Crippen LogP contribution in [0, 0.1) is 0 Å². The molecule has 1 aromatic carbocycles. The molecule has 0 aliphatic carbocycles. The SMILES string of the molecule is O=CC(S)c1cccc(Br)c1. The maximum Gasteiger partial charge on any atom is 0.137 e. The third-order valence-electron chi connectivity index (χ3n) is 1.32. The van der Waals surface area contributed by atoms with Crippen LogP contribution in [0.15, 0.2) is 28.7 Å². The van der Waals surface area contributed by atoms with Gasteiger partial charge in [0.1, 0.15) is 6.29 Å². The van der Waals surface area contributed by atoms with Crippen molar-refractivity contribution in [1.29, 1.82) is 0 Å². The Morgan fingerprint density at radius 3 is 2.82 bits per heavy atom. The molecule has 1 aromatic rings. The van der Waals surface area contributed by atoms with Gasteiger partial charge in [-0.2, -0.15) is 12.6 Å². The number of hydrogen-bond donors (Lipinski definition) is 1. The molecule has 1 rings (SSSR count). The molecule has 11 heavy (non-hydrogen) atoms. The van der Waals surface area contributed by atoms with Crippen molar-refractivity contribution in [3.63, 3.8) is 0 Å². The Labute approximate surface area is 79.3 Å². The van der Waals surface area contributed by atoms with Crippen LogP contribution in [0.1, 0.15) is 10.8 Å². The zero-order chi connectivity index (χ0) is 8.27. The molecule has 0 fully saturated rings. The second-order valence-electron chi connectivity index (χ2n) is 2.14. The first-order valence-electron chi connectivity index (χ1n) is 3.13. The number of benzene rings is 1. The first-order chi connectivity index (χ1) is 5.24. The molecule has 0 aliphatic rings. The molecule has 0 aromatic heterocycles. The third-order valence-corrected chi connectivity index (χ3v) is 2.23. The fraction of sp³-hybridized carbons (Fsp3) is 0.125. The molecule has 0 radical (unpaired) electrons. The molecule has 0 N–H and O–H groups in total. The highest BCUT2D eigenvalue weighted by Crippen LogP contribution is 2.20. The molecule has 0 spiro atoms. The van der Waals surface area contributed by atoms with E-state index in [4.69, 9.17) is 0 Å². The van der Waals surface area contributed by atoms with Gasteiger partial charge in [-0.1, -0.05) is 28.1 Å². The number of hydrogen-bond acceptors (Lipinski definition) is 2. The first kappa shape index (κ1) is 8.81. The largest absolute Gasteiger partial charge is 0.302 e. The third kappa shape index (κ3) is 2.34. The second-order valence-corrected chi connectivity index (χ2v) is 3.61. The summed E-state index contributed by atoms with van der Waals surface area (Å²) in [6.07, 6.45) is 0.810. The summed E-state index contributed by atoms with van der Waals surface area (Å²) in [7, 11) is 0. The summed E-state index contributed by atoms with van der Waals surface area (Å²) in [6.45, 7) is 0. The van der Waals surface area contributed by atoms with Crippen LogP contribution in [-0.4, -0.2) is 6.29 Å². The van der Waals surface area contributed by atoms with E-state index in [2.05, 4.69) is 28.6 Å². The van der Waals surface area contributed by atoms with Gasteiger partial charge in [-0.25, -0.2) is 0 Å². The molecule has 1 unspecified atom stereocenters. The highest BCUT2D eigenvalue weighted by atomic mass is 79.9. The minimum absolute atomic E-state index is 0.313. The van der Waals surface area contributed by atoms with Gasteiger partial charge >= 0.3 is 0 Å². The van der Waals surface area contributed by atoms with Gasteiger partial charge in [0.15, 0.2) is 0 Å². The molecular formula is C8H7BrOS. The summed E-state index contributed by atoms with van der Waals surface area (Å²) in [5.74, 6) is 0. The Hall–Kier alpha value is -0.280. The van der Waals surface area contributed by atoms with Crippen LogP contribution in [0.2, 0.25) is 0 Å². The molecule has 3 heteroatoms. The Bertz CT molecular complexity index is 262. The first-order valence-corrected chi connectivity index (χ1v) is 4.44. The zero-order valence-electron chi connectivity index (χ0n) is 5.70. The number of thiol groups is 1. The van der Waals surface area contributed by atoms with E-state index in [1.165, 1.54) is 0 Å². The van der Waals surface area contributed by atoms with E-state index in [1.807, 2.05) is 24.3 Å². The Morgan fingerprint density at radius 2 is 2.27 bits per heavy atom. The molecule has 0 bridgehead atoms. The van der Waals surface area contributed by atoms with E-state index in [0.29, 0.717) is 0 Å². The zero-order valence-corrected chi connectivity index (χ0v) is 8.18. The standard InChI is InChI=1S/C8H7BrOS/c9-7-3-1-2-6(4-7)8(11)5-10/h1-5,8,11H. The average molecular weight is 231 g/mol. The van der Waals surface area contributed by atoms with Gasteiger partial charge in [0.05, 0.1) is 5.25 Å². The molecule has 0 aliphatic heterocycles. The van der Waals surface area contributed by atoms with E-state index in [9.17, 15) is 4.79 Å². The van der Waals surface area contributed by atoms with Crippen molar-refractivity contribution in [2.24, 2.45) is 0 Å². The number of halogens is 1. The highest BCUT2D eigenvalue weighted by molar-refractivity contribution is 9.10. The number of rotatable bonds is 2. The second kappa shape index (κ2) is 3.93. The van der Waals surface area contributed by atoms with Gasteiger partial charge in [-0.3, -0.25) is 0 Å². The van der Waals surface area contributed by atoms with E-state index < -0.39 is 0 Å². The molecule has 0 heterocycles. The summed E-state index contributed by atoms with van der Waals surface area (Å²) < 4.78 is 0.968.